The van der Waals surface area contributed by atoms with E-state index in [1.807, 2.05) is 27.7 Å². The van der Waals surface area contributed by atoms with Gasteiger partial charge in [0.05, 0.1) is 17.0 Å². The van der Waals surface area contributed by atoms with E-state index in [1.54, 1.807) is 0 Å². The molecule has 0 spiro atoms. The van der Waals surface area contributed by atoms with Crippen molar-refractivity contribution >= 4 is 15.6 Å². The molecule has 0 bridgehead atoms. The lowest BCUT2D eigenvalue weighted by atomic mass is 9.83. The lowest BCUT2D eigenvalue weighted by molar-refractivity contribution is -0.126. The predicted molar refractivity (Wildman–Crippen MR) is 68.8 cm³/mol. The van der Waals surface area contributed by atoms with Crippen LogP contribution >= 0.6 is 0 Å². The molecule has 0 radical (unpaired) electrons. The maximum atomic E-state index is 12.1. The molecule has 0 unspecified atom stereocenters. The molecule has 0 amide bonds. The summed E-state index contributed by atoms with van der Waals surface area (Å²) in [5, 5.41) is 3.35. The van der Waals surface area contributed by atoms with Gasteiger partial charge in [0.2, 0.25) is 0 Å². The van der Waals surface area contributed by atoms with E-state index in [0.29, 0.717) is 19.3 Å². The number of nitrogens with one attached hydrogen (secondary N) is 1. The third kappa shape index (κ3) is 3.78. The van der Waals surface area contributed by atoms with Crippen molar-refractivity contribution in [3.63, 3.8) is 0 Å². The maximum absolute atomic E-state index is 12.1. The van der Waals surface area contributed by atoms with Crippen molar-refractivity contribution in [1.82, 2.24) is 5.32 Å². The van der Waals surface area contributed by atoms with Gasteiger partial charge in [0.15, 0.2) is 5.78 Å². The van der Waals surface area contributed by atoms with Crippen molar-refractivity contribution < 1.29 is 13.2 Å². The van der Waals surface area contributed by atoms with Gasteiger partial charge in [0.1, 0.15) is 9.84 Å². The molecule has 0 aromatic rings. The number of hydrogen-bond acceptors (Lipinski definition) is 4. The van der Waals surface area contributed by atoms with Gasteiger partial charge in [-0.3, -0.25) is 4.79 Å². The van der Waals surface area contributed by atoms with E-state index < -0.39 is 15.4 Å². The smallest absolute Gasteiger partial charge is 0.152 e. The van der Waals surface area contributed by atoms with Crippen LogP contribution in [-0.4, -0.2) is 36.8 Å². The highest BCUT2D eigenvalue weighted by molar-refractivity contribution is 7.91. The van der Waals surface area contributed by atoms with Crippen LogP contribution in [0.4, 0.5) is 0 Å². The molecule has 4 nitrogen and oxygen atoms in total. The Morgan fingerprint density at radius 1 is 1.24 bits per heavy atom. The van der Waals surface area contributed by atoms with Crippen molar-refractivity contribution in [2.24, 2.45) is 0 Å². The SMILES string of the molecule is CCC(=O)C1(NC(C)(C)C)CCS(=O)(=O)CC1. The summed E-state index contributed by atoms with van der Waals surface area (Å²) in [5.74, 6) is 0.353. The van der Waals surface area contributed by atoms with E-state index in [9.17, 15) is 13.2 Å². The van der Waals surface area contributed by atoms with Crippen molar-refractivity contribution in [2.75, 3.05) is 11.5 Å². The van der Waals surface area contributed by atoms with Crippen LogP contribution in [0.25, 0.3) is 0 Å². The van der Waals surface area contributed by atoms with Gasteiger partial charge in [-0.05, 0) is 33.6 Å². The molecule has 100 valence electrons. The van der Waals surface area contributed by atoms with Gasteiger partial charge in [-0.25, -0.2) is 8.42 Å². The quantitative estimate of drug-likeness (QED) is 0.832. The van der Waals surface area contributed by atoms with E-state index in [0.717, 1.165) is 0 Å². The Morgan fingerprint density at radius 2 is 1.71 bits per heavy atom. The molecule has 1 fully saturated rings. The number of sulfone groups is 1. The lowest BCUT2D eigenvalue weighted by Crippen LogP contribution is -2.61. The highest BCUT2D eigenvalue weighted by Crippen LogP contribution is 2.28. The van der Waals surface area contributed by atoms with Gasteiger partial charge in [0, 0.05) is 12.0 Å². The minimum atomic E-state index is -2.94. The molecule has 0 atom stereocenters. The number of Topliss-reactive ketones (excluding diaryl/α,β-unsaturated/α-hetero) is 1. The van der Waals surface area contributed by atoms with E-state index in [1.165, 1.54) is 0 Å². The summed E-state index contributed by atoms with van der Waals surface area (Å²) in [6.45, 7) is 7.83. The van der Waals surface area contributed by atoms with E-state index >= 15 is 0 Å². The van der Waals surface area contributed by atoms with Crippen molar-refractivity contribution in [1.29, 1.82) is 0 Å². The summed E-state index contributed by atoms with van der Waals surface area (Å²) in [6.07, 6.45) is 1.25. The van der Waals surface area contributed by atoms with Crippen LogP contribution < -0.4 is 5.32 Å². The first kappa shape index (κ1) is 14.6. The average Bonchev–Trinajstić information content (AvgIpc) is 2.18. The second-order valence-electron chi connectivity index (χ2n) is 5.89. The van der Waals surface area contributed by atoms with Crippen LogP contribution in [0.1, 0.15) is 47.0 Å². The maximum Gasteiger partial charge on any atom is 0.152 e. The highest BCUT2D eigenvalue weighted by atomic mass is 32.2. The zero-order valence-corrected chi connectivity index (χ0v) is 12.0. The van der Waals surface area contributed by atoms with Gasteiger partial charge >= 0.3 is 0 Å². The minimum Gasteiger partial charge on any atom is -0.300 e. The molecular weight excluding hydrogens is 238 g/mol. The molecule has 1 aliphatic rings. The largest absolute Gasteiger partial charge is 0.300 e. The fourth-order valence-corrected chi connectivity index (χ4v) is 3.94. The Hall–Kier alpha value is -0.420. The first-order valence-corrected chi connectivity index (χ1v) is 7.95. The Morgan fingerprint density at radius 3 is 2.06 bits per heavy atom. The van der Waals surface area contributed by atoms with Crippen LogP contribution in [0.3, 0.4) is 0 Å². The molecule has 1 rings (SSSR count). The molecule has 1 saturated heterocycles. The summed E-state index contributed by atoms with van der Waals surface area (Å²) in [6, 6.07) is 0. The molecular formula is C12H23NO3S. The Bertz CT molecular complexity index is 378. The highest BCUT2D eigenvalue weighted by Gasteiger charge is 2.43. The Labute approximate surface area is 104 Å². The molecule has 0 saturated carbocycles. The van der Waals surface area contributed by atoms with Crippen LogP contribution in [0.5, 0.6) is 0 Å². The molecule has 17 heavy (non-hydrogen) atoms. The van der Waals surface area contributed by atoms with Gasteiger partial charge in [0.25, 0.3) is 0 Å². The van der Waals surface area contributed by atoms with Crippen LogP contribution in [-0.2, 0) is 14.6 Å². The molecule has 1 aliphatic heterocycles. The first-order valence-electron chi connectivity index (χ1n) is 6.13. The second-order valence-corrected chi connectivity index (χ2v) is 8.19. The van der Waals surface area contributed by atoms with Crippen molar-refractivity contribution in [3.8, 4) is 0 Å². The standard InChI is InChI=1S/C12H23NO3S/c1-5-10(14)12(13-11(2,3)4)6-8-17(15,16)9-7-12/h13H,5-9H2,1-4H3. The summed E-state index contributed by atoms with van der Waals surface area (Å²) < 4.78 is 23.0. The number of hydrogen-bond donors (Lipinski definition) is 1. The van der Waals surface area contributed by atoms with Crippen LogP contribution in [0, 0.1) is 0 Å². The monoisotopic (exact) mass is 261 g/mol. The predicted octanol–water partition coefficient (Wildman–Crippen LogP) is 1.30. The summed E-state index contributed by atoms with van der Waals surface area (Å²) >= 11 is 0. The van der Waals surface area contributed by atoms with Gasteiger partial charge in [-0.15, -0.1) is 0 Å². The molecule has 1 heterocycles. The fraction of sp³-hybridized carbons (Fsp3) is 0.917. The number of rotatable bonds is 3. The van der Waals surface area contributed by atoms with E-state index in [-0.39, 0.29) is 22.8 Å². The molecule has 0 aliphatic carbocycles. The number of carbonyl (C=O) groups is 1. The third-order valence-corrected chi connectivity index (χ3v) is 4.80. The summed E-state index contributed by atoms with van der Waals surface area (Å²) in [4.78, 5) is 12.1. The summed E-state index contributed by atoms with van der Waals surface area (Å²) in [7, 11) is -2.94. The van der Waals surface area contributed by atoms with Gasteiger partial charge < -0.3 is 5.32 Å². The average molecular weight is 261 g/mol. The summed E-state index contributed by atoms with van der Waals surface area (Å²) in [5.41, 5.74) is -0.829. The first-order chi connectivity index (χ1) is 7.60. The van der Waals surface area contributed by atoms with Gasteiger partial charge in [-0.1, -0.05) is 6.92 Å². The van der Waals surface area contributed by atoms with Gasteiger partial charge in [-0.2, -0.15) is 0 Å². The van der Waals surface area contributed by atoms with E-state index in [4.69, 9.17) is 0 Å². The third-order valence-electron chi connectivity index (χ3n) is 3.15. The van der Waals surface area contributed by atoms with Crippen LogP contribution in [0.15, 0.2) is 0 Å². The van der Waals surface area contributed by atoms with Crippen LogP contribution in [0.2, 0.25) is 0 Å². The molecule has 0 aromatic heterocycles. The normalized spacial score (nSPS) is 23.3. The minimum absolute atomic E-state index is 0.113. The molecule has 5 heteroatoms. The molecule has 0 aromatic carbocycles. The lowest BCUT2D eigenvalue weighted by Gasteiger charge is -2.41. The second kappa shape index (κ2) is 4.69. The topological polar surface area (TPSA) is 63.2 Å². The molecule has 1 N–H and O–H groups in total. The zero-order chi connectivity index (χ0) is 13.3. The zero-order valence-electron chi connectivity index (χ0n) is 11.2. The Kier molecular flexibility index (Phi) is 4.04. The van der Waals surface area contributed by atoms with Crippen molar-refractivity contribution in [3.05, 3.63) is 0 Å². The fourth-order valence-electron chi connectivity index (χ4n) is 2.42. The van der Waals surface area contributed by atoms with Crippen molar-refractivity contribution in [2.45, 2.75) is 58.0 Å². The number of ketones is 1. The number of carbonyl (C=O) groups excluding carboxylic acids is 1. The Balaban J connectivity index is 2.94. The van der Waals surface area contributed by atoms with E-state index in [2.05, 4.69) is 5.32 Å².